The molecule has 1 amide bonds. The largest absolute Gasteiger partial charge is 0.514 e. The Morgan fingerprint density at radius 1 is 1.18 bits per heavy atom. The topological polar surface area (TPSA) is 89.8 Å². The third-order valence-corrected chi connectivity index (χ3v) is 8.90. The number of carbonyl (C=O) groups excluding carboxylic acids is 1. The lowest BCUT2D eigenvalue weighted by Gasteiger charge is -2.33. The Kier molecular flexibility index (Phi) is 6.57. The van der Waals surface area contributed by atoms with Gasteiger partial charge in [0, 0.05) is 48.0 Å². The molecule has 39 heavy (non-hydrogen) atoms. The molecular weight excluding hydrogens is 488 g/mol. The zero-order valence-electron chi connectivity index (χ0n) is 23.4. The van der Waals surface area contributed by atoms with Crippen LogP contribution in [0.15, 0.2) is 42.7 Å². The van der Waals surface area contributed by atoms with Crippen LogP contribution in [0.25, 0.3) is 27.8 Å². The zero-order chi connectivity index (χ0) is 27.3. The second kappa shape index (κ2) is 10.1. The van der Waals surface area contributed by atoms with Crippen LogP contribution in [0, 0.1) is 13.8 Å². The van der Waals surface area contributed by atoms with E-state index in [9.17, 15) is 9.90 Å². The molecule has 0 saturated carbocycles. The molecule has 8 heteroatoms. The summed E-state index contributed by atoms with van der Waals surface area (Å²) < 4.78 is 1.87. The lowest BCUT2D eigenvalue weighted by molar-refractivity contribution is -0.132. The quantitative estimate of drug-likeness (QED) is 0.320. The van der Waals surface area contributed by atoms with Crippen LogP contribution in [0.4, 0.5) is 0 Å². The minimum absolute atomic E-state index is 0.164. The van der Waals surface area contributed by atoms with Gasteiger partial charge in [0.15, 0.2) is 5.65 Å². The average Bonchev–Trinajstić information content (AvgIpc) is 3.68. The van der Waals surface area contributed by atoms with Gasteiger partial charge < -0.3 is 19.9 Å². The van der Waals surface area contributed by atoms with E-state index in [1.807, 2.05) is 14.3 Å². The smallest absolute Gasteiger partial charge is 0.242 e. The molecule has 5 heterocycles. The first-order valence-electron chi connectivity index (χ1n) is 14.2. The van der Waals surface area contributed by atoms with Gasteiger partial charge >= 0.3 is 0 Å². The third kappa shape index (κ3) is 4.45. The summed E-state index contributed by atoms with van der Waals surface area (Å²) in [4.78, 5) is 25.2. The number of aromatic amines is 1. The molecule has 0 atom stereocenters. The van der Waals surface area contributed by atoms with Gasteiger partial charge in [0.05, 0.1) is 18.5 Å². The molecule has 2 saturated heterocycles. The van der Waals surface area contributed by atoms with Gasteiger partial charge in [0.25, 0.3) is 0 Å². The fourth-order valence-electron chi connectivity index (χ4n) is 6.56. The number of likely N-dealkylation sites (tertiary alicyclic amines) is 2. The van der Waals surface area contributed by atoms with Gasteiger partial charge in [-0.05, 0) is 85.8 Å². The van der Waals surface area contributed by atoms with Crippen molar-refractivity contribution in [3.8, 4) is 11.3 Å². The number of aliphatic hydroxyl groups excluding tert-OH is 1. The summed E-state index contributed by atoms with van der Waals surface area (Å²) in [6, 6.07) is 6.87. The zero-order valence-corrected chi connectivity index (χ0v) is 23.4. The van der Waals surface area contributed by atoms with Gasteiger partial charge in [0.1, 0.15) is 6.33 Å². The number of nitrogens with zero attached hydrogens (tertiary/aromatic N) is 5. The Balaban J connectivity index is 1.25. The van der Waals surface area contributed by atoms with Crippen molar-refractivity contribution in [1.82, 2.24) is 29.4 Å². The van der Waals surface area contributed by atoms with E-state index in [-0.39, 0.29) is 5.91 Å². The second-order valence-corrected chi connectivity index (χ2v) is 11.5. The summed E-state index contributed by atoms with van der Waals surface area (Å²) in [5.74, 6) is 0.947. The van der Waals surface area contributed by atoms with Crippen LogP contribution >= 0.6 is 0 Å². The highest BCUT2D eigenvalue weighted by Crippen LogP contribution is 2.40. The van der Waals surface area contributed by atoms with Crippen molar-refractivity contribution in [2.45, 2.75) is 65.2 Å². The molecule has 0 bridgehead atoms. The van der Waals surface area contributed by atoms with E-state index in [1.54, 1.807) is 6.33 Å². The molecule has 2 aliphatic rings. The van der Waals surface area contributed by atoms with Crippen LogP contribution in [-0.2, 0) is 4.79 Å². The maximum atomic E-state index is 13.0. The Bertz CT molecular complexity index is 1570. The normalized spacial score (nSPS) is 17.9. The van der Waals surface area contributed by atoms with Crippen molar-refractivity contribution in [2.24, 2.45) is 0 Å². The van der Waals surface area contributed by atoms with Crippen LogP contribution in [0.2, 0.25) is 0 Å². The van der Waals surface area contributed by atoms with Gasteiger partial charge in [0.2, 0.25) is 5.91 Å². The average molecular weight is 527 g/mol. The molecular formula is C31H38N6O2. The molecule has 0 aliphatic carbocycles. The number of H-pyrrole nitrogens is 1. The van der Waals surface area contributed by atoms with Crippen molar-refractivity contribution in [2.75, 3.05) is 26.2 Å². The first kappa shape index (κ1) is 25.5. The molecule has 2 fully saturated rings. The predicted molar refractivity (Wildman–Crippen MR) is 154 cm³/mol. The van der Waals surface area contributed by atoms with Crippen molar-refractivity contribution >= 4 is 22.5 Å². The minimum atomic E-state index is 0.164. The molecule has 1 aromatic carbocycles. The molecule has 6 rings (SSSR count). The van der Waals surface area contributed by atoms with Crippen LogP contribution in [0.1, 0.15) is 73.6 Å². The maximum Gasteiger partial charge on any atom is 0.242 e. The van der Waals surface area contributed by atoms with E-state index in [2.05, 4.69) is 67.2 Å². The predicted octanol–water partition coefficient (Wildman–Crippen LogP) is 5.82. The highest BCUT2D eigenvalue weighted by atomic mass is 16.2. The van der Waals surface area contributed by atoms with Crippen molar-refractivity contribution < 1.29 is 9.90 Å². The molecule has 0 unspecified atom stereocenters. The lowest BCUT2D eigenvalue weighted by atomic mass is 9.87. The number of pyridine rings is 1. The molecule has 0 spiro atoms. The number of piperidine rings is 1. The molecule has 8 nitrogen and oxygen atoms in total. The molecule has 2 aliphatic heterocycles. The van der Waals surface area contributed by atoms with E-state index in [0.29, 0.717) is 18.4 Å². The standard InChI is InChI=1S/C31H38N6O2/c1-19(2)29-25-14-23(22-9-12-35(13-10-22)28(39)16-36-11-5-6-24(36)17-38)7-8-27(25)34-30(29)26-15-37-31(32-18-33-37)21(4)20(26)3/h7-8,14-15,17-19,22,34,38H,5-6,9-13,16H2,1-4H3/b24-17+. The number of nitrogens with one attached hydrogen (secondary N) is 1. The van der Waals surface area contributed by atoms with Gasteiger partial charge in [-0.15, -0.1) is 0 Å². The van der Waals surface area contributed by atoms with E-state index in [4.69, 9.17) is 0 Å². The van der Waals surface area contributed by atoms with Crippen molar-refractivity contribution in [3.63, 3.8) is 0 Å². The number of hydrogen-bond donors (Lipinski definition) is 2. The molecule has 204 valence electrons. The van der Waals surface area contributed by atoms with Gasteiger partial charge in [-0.2, -0.15) is 5.10 Å². The molecule has 3 aromatic heterocycles. The number of hydrogen-bond acceptors (Lipinski definition) is 5. The summed E-state index contributed by atoms with van der Waals surface area (Å²) in [6.45, 7) is 11.6. The Morgan fingerprint density at radius 2 is 1.97 bits per heavy atom. The number of aliphatic hydroxyl groups is 1. The SMILES string of the molecule is Cc1c(-c2[nH]c3ccc(C4CCN(C(=O)CN5CCC/C5=C\O)CC4)cc3c2C(C)C)cn2ncnc2c1C. The number of amides is 1. The van der Waals surface area contributed by atoms with Gasteiger partial charge in [-0.25, -0.2) is 9.50 Å². The summed E-state index contributed by atoms with van der Waals surface area (Å²) in [6.07, 6.45) is 8.65. The summed E-state index contributed by atoms with van der Waals surface area (Å²) in [7, 11) is 0. The number of fused-ring (bicyclic) bond motifs is 2. The Labute approximate surface area is 229 Å². The molecule has 2 N–H and O–H groups in total. The fourth-order valence-corrected chi connectivity index (χ4v) is 6.56. The number of allylic oxidation sites excluding steroid dienone is 1. The van der Waals surface area contributed by atoms with E-state index < -0.39 is 0 Å². The molecule has 4 aromatic rings. The van der Waals surface area contributed by atoms with E-state index in [1.165, 1.54) is 22.1 Å². The Morgan fingerprint density at radius 3 is 2.72 bits per heavy atom. The van der Waals surface area contributed by atoms with E-state index in [0.717, 1.165) is 85.3 Å². The van der Waals surface area contributed by atoms with Gasteiger partial charge in [-0.1, -0.05) is 19.9 Å². The summed E-state index contributed by atoms with van der Waals surface area (Å²) >= 11 is 0. The summed E-state index contributed by atoms with van der Waals surface area (Å²) in [5, 5.41) is 15.1. The maximum absolute atomic E-state index is 13.0. The van der Waals surface area contributed by atoms with Crippen molar-refractivity contribution in [1.29, 1.82) is 0 Å². The highest BCUT2D eigenvalue weighted by Gasteiger charge is 2.28. The number of aromatic nitrogens is 4. The lowest BCUT2D eigenvalue weighted by Crippen LogP contribution is -2.43. The van der Waals surface area contributed by atoms with Crippen LogP contribution in [0.5, 0.6) is 0 Å². The van der Waals surface area contributed by atoms with Crippen LogP contribution < -0.4 is 0 Å². The summed E-state index contributed by atoms with van der Waals surface area (Å²) in [5.41, 5.74) is 10.3. The third-order valence-electron chi connectivity index (χ3n) is 8.90. The minimum Gasteiger partial charge on any atom is -0.514 e. The second-order valence-electron chi connectivity index (χ2n) is 11.5. The van der Waals surface area contributed by atoms with Crippen LogP contribution in [0.3, 0.4) is 0 Å². The fraction of sp³-hybridized carbons (Fsp3) is 0.452. The highest BCUT2D eigenvalue weighted by molar-refractivity contribution is 5.92. The molecule has 0 radical (unpaired) electrons. The van der Waals surface area contributed by atoms with Crippen molar-refractivity contribution in [3.05, 3.63) is 64.9 Å². The number of rotatable bonds is 5. The number of benzene rings is 1. The monoisotopic (exact) mass is 526 g/mol. The number of aryl methyl sites for hydroxylation is 1. The first-order valence-corrected chi connectivity index (χ1v) is 14.2. The number of carbonyl (C=O) groups is 1. The Hall–Kier alpha value is -3.81. The first-order chi connectivity index (χ1) is 18.9. The van der Waals surface area contributed by atoms with E-state index >= 15 is 0 Å². The van der Waals surface area contributed by atoms with Gasteiger partial charge in [-0.3, -0.25) is 4.79 Å². The van der Waals surface area contributed by atoms with Crippen LogP contribution in [-0.4, -0.2) is 66.6 Å².